The van der Waals surface area contributed by atoms with Crippen molar-refractivity contribution in [1.29, 1.82) is 0 Å². The summed E-state index contributed by atoms with van der Waals surface area (Å²) >= 11 is 5.71. The Morgan fingerprint density at radius 1 is 1.14 bits per heavy atom. The van der Waals surface area contributed by atoms with Gasteiger partial charge in [0.2, 0.25) is 15.9 Å². The Bertz CT molecular complexity index is 932. The lowest BCUT2D eigenvalue weighted by Gasteiger charge is -2.16. The van der Waals surface area contributed by atoms with Crippen molar-refractivity contribution in [1.82, 2.24) is 10.0 Å². The van der Waals surface area contributed by atoms with E-state index in [1.54, 1.807) is 6.92 Å². The number of nitrogens with one attached hydrogen (secondary N) is 2. The summed E-state index contributed by atoms with van der Waals surface area (Å²) < 4.78 is 64.8. The first-order valence-corrected chi connectivity index (χ1v) is 10.1. The summed E-state index contributed by atoms with van der Waals surface area (Å²) in [5.74, 6) is -0.497. The third kappa shape index (κ3) is 6.22. The van der Waals surface area contributed by atoms with Crippen LogP contribution in [-0.2, 0) is 21.0 Å². The van der Waals surface area contributed by atoms with Crippen LogP contribution >= 0.6 is 11.6 Å². The predicted octanol–water partition coefficient (Wildman–Crippen LogP) is 3.90. The zero-order valence-corrected chi connectivity index (χ0v) is 16.3. The van der Waals surface area contributed by atoms with E-state index in [9.17, 15) is 26.4 Å². The van der Waals surface area contributed by atoms with Crippen LogP contribution in [0, 0.1) is 0 Å². The minimum absolute atomic E-state index is 0.00893. The molecule has 2 aromatic rings. The molecule has 0 aliphatic heterocycles. The Balaban J connectivity index is 1.89. The van der Waals surface area contributed by atoms with Crippen LogP contribution in [-0.4, -0.2) is 20.9 Å². The lowest BCUT2D eigenvalue weighted by atomic mass is 10.0. The number of amides is 1. The van der Waals surface area contributed by atoms with Gasteiger partial charge in [-0.15, -0.1) is 0 Å². The molecule has 28 heavy (non-hydrogen) atoms. The first-order chi connectivity index (χ1) is 13.0. The number of alkyl halides is 3. The molecule has 0 bridgehead atoms. The maximum atomic E-state index is 12.8. The van der Waals surface area contributed by atoms with Crippen LogP contribution in [0.25, 0.3) is 0 Å². The normalized spacial score (nSPS) is 13.2. The fraction of sp³-hybridized carbons (Fsp3) is 0.278. The van der Waals surface area contributed by atoms with Crippen LogP contribution in [0.3, 0.4) is 0 Å². The smallest absolute Gasteiger partial charge is 0.350 e. The zero-order chi connectivity index (χ0) is 20.9. The molecule has 1 unspecified atom stereocenters. The number of hydrogen-bond acceptors (Lipinski definition) is 3. The number of rotatable bonds is 7. The number of halogens is 4. The summed E-state index contributed by atoms with van der Waals surface area (Å²) in [6.07, 6.45) is -4.64. The Kier molecular flexibility index (Phi) is 7.08. The van der Waals surface area contributed by atoms with Gasteiger partial charge in [-0.2, -0.15) is 13.2 Å². The maximum absolute atomic E-state index is 12.8. The zero-order valence-electron chi connectivity index (χ0n) is 14.8. The molecule has 0 spiro atoms. The summed E-state index contributed by atoms with van der Waals surface area (Å²) in [4.78, 5) is 12.0. The van der Waals surface area contributed by atoms with Gasteiger partial charge in [-0.1, -0.05) is 23.7 Å². The highest BCUT2D eigenvalue weighted by atomic mass is 35.5. The van der Waals surface area contributed by atoms with Crippen molar-refractivity contribution in [2.45, 2.75) is 30.5 Å². The molecule has 2 aromatic carbocycles. The molecular formula is C18H18ClF3N2O3S. The second kappa shape index (κ2) is 8.93. The summed E-state index contributed by atoms with van der Waals surface area (Å²) in [5, 5.41) is 2.94. The third-order valence-electron chi connectivity index (χ3n) is 3.86. The fourth-order valence-corrected chi connectivity index (χ4v) is 3.54. The molecule has 2 rings (SSSR count). The van der Waals surface area contributed by atoms with E-state index >= 15 is 0 Å². The van der Waals surface area contributed by atoms with E-state index in [0.29, 0.717) is 10.6 Å². The van der Waals surface area contributed by atoms with E-state index in [4.69, 9.17) is 11.6 Å². The minimum Gasteiger partial charge on any atom is -0.350 e. The summed E-state index contributed by atoms with van der Waals surface area (Å²) in [5.41, 5.74) is -0.508. The van der Waals surface area contributed by atoms with Crippen molar-refractivity contribution >= 4 is 27.5 Å². The molecule has 0 saturated heterocycles. The first-order valence-electron chi connectivity index (χ1n) is 8.21. The van der Waals surface area contributed by atoms with Crippen LogP contribution in [0.15, 0.2) is 53.4 Å². The van der Waals surface area contributed by atoms with Crippen molar-refractivity contribution < 1.29 is 26.4 Å². The second-order valence-corrected chi connectivity index (χ2v) is 8.22. The quantitative estimate of drug-likeness (QED) is 0.694. The monoisotopic (exact) mass is 434 g/mol. The van der Waals surface area contributed by atoms with Crippen LogP contribution < -0.4 is 10.0 Å². The summed E-state index contributed by atoms with van der Waals surface area (Å²) in [7, 11) is -3.79. The van der Waals surface area contributed by atoms with Gasteiger partial charge >= 0.3 is 6.18 Å². The van der Waals surface area contributed by atoms with Crippen LogP contribution in [0.5, 0.6) is 0 Å². The second-order valence-electron chi connectivity index (χ2n) is 6.01. The van der Waals surface area contributed by atoms with E-state index in [2.05, 4.69) is 10.0 Å². The van der Waals surface area contributed by atoms with Crippen molar-refractivity contribution in [3.63, 3.8) is 0 Å². The molecule has 0 aliphatic rings. The molecule has 0 saturated carbocycles. The minimum atomic E-state index is -4.47. The van der Waals surface area contributed by atoms with Gasteiger partial charge in [0.25, 0.3) is 0 Å². The molecule has 0 radical (unpaired) electrons. The van der Waals surface area contributed by atoms with Crippen molar-refractivity contribution in [3.05, 3.63) is 64.7 Å². The average molecular weight is 435 g/mol. The fourth-order valence-electron chi connectivity index (χ4n) is 2.38. The highest BCUT2D eigenvalue weighted by molar-refractivity contribution is 7.89. The van der Waals surface area contributed by atoms with Gasteiger partial charge in [0, 0.05) is 18.0 Å². The molecule has 1 amide bonds. The molecule has 1 atom stereocenters. The van der Waals surface area contributed by atoms with Crippen LogP contribution in [0.2, 0.25) is 5.02 Å². The molecule has 152 valence electrons. The van der Waals surface area contributed by atoms with E-state index in [1.807, 2.05) is 0 Å². The molecule has 2 N–H and O–H groups in total. The molecule has 5 nitrogen and oxygen atoms in total. The molecule has 0 fully saturated rings. The third-order valence-corrected chi connectivity index (χ3v) is 5.59. The average Bonchev–Trinajstić information content (AvgIpc) is 2.61. The van der Waals surface area contributed by atoms with E-state index in [1.165, 1.54) is 36.4 Å². The Morgan fingerprint density at radius 2 is 1.79 bits per heavy atom. The van der Waals surface area contributed by atoms with E-state index in [0.717, 1.165) is 12.1 Å². The summed E-state index contributed by atoms with van der Waals surface area (Å²) in [6.45, 7) is 1.39. The van der Waals surface area contributed by atoms with Crippen molar-refractivity contribution in [2.24, 2.45) is 0 Å². The van der Waals surface area contributed by atoms with Gasteiger partial charge in [0.05, 0.1) is 16.5 Å². The number of sulfonamides is 1. The molecule has 0 heterocycles. The highest BCUT2D eigenvalue weighted by Gasteiger charge is 2.30. The number of hydrogen-bond donors (Lipinski definition) is 2. The number of benzene rings is 2. The van der Waals surface area contributed by atoms with Crippen molar-refractivity contribution in [2.75, 3.05) is 6.54 Å². The first kappa shape index (κ1) is 22.2. The van der Waals surface area contributed by atoms with Gasteiger partial charge in [0.1, 0.15) is 0 Å². The number of carbonyl (C=O) groups is 1. The topological polar surface area (TPSA) is 75.3 Å². The van der Waals surface area contributed by atoms with Crippen molar-refractivity contribution in [3.8, 4) is 0 Å². The largest absolute Gasteiger partial charge is 0.416 e. The van der Waals surface area contributed by atoms with Gasteiger partial charge in [-0.3, -0.25) is 4.79 Å². The Morgan fingerprint density at radius 3 is 2.39 bits per heavy atom. The SMILES string of the molecule is CC(NC(=O)CCNS(=O)(=O)c1ccc(Cl)cc1)c1cccc(C(F)(F)F)c1. The maximum Gasteiger partial charge on any atom is 0.416 e. The number of carbonyl (C=O) groups excluding carboxylic acids is 1. The lowest BCUT2D eigenvalue weighted by molar-refractivity contribution is -0.137. The van der Waals surface area contributed by atoms with E-state index < -0.39 is 33.7 Å². The highest BCUT2D eigenvalue weighted by Crippen LogP contribution is 2.30. The Hall–Kier alpha value is -2.10. The van der Waals surface area contributed by atoms with Crippen LogP contribution in [0.4, 0.5) is 13.2 Å². The summed E-state index contributed by atoms with van der Waals surface area (Å²) in [6, 6.07) is 9.52. The Labute approximate surface area is 166 Å². The van der Waals surface area contributed by atoms with Gasteiger partial charge in [-0.25, -0.2) is 13.1 Å². The standard InChI is InChI=1S/C18H18ClF3N2O3S/c1-12(13-3-2-4-14(11-13)18(20,21)22)24-17(25)9-10-23-28(26,27)16-7-5-15(19)6-8-16/h2-8,11-12,23H,9-10H2,1H3,(H,24,25). The van der Waals surface area contributed by atoms with Gasteiger partial charge in [-0.05, 0) is 48.9 Å². The lowest BCUT2D eigenvalue weighted by Crippen LogP contribution is -2.32. The van der Waals surface area contributed by atoms with Gasteiger partial charge < -0.3 is 5.32 Å². The molecule has 0 aliphatic carbocycles. The predicted molar refractivity (Wildman–Crippen MR) is 99.3 cm³/mol. The van der Waals surface area contributed by atoms with Crippen LogP contribution in [0.1, 0.15) is 30.5 Å². The van der Waals surface area contributed by atoms with Gasteiger partial charge in [0.15, 0.2) is 0 Å². The van der Waals surface area contributed by atoms with E-state index in [-0.39, 0.29) is 17.9 Å². The molecule has 10 heteroatoms. The molecule has 0 aromatic heterocycles. The molecular weight excluding hydrogens is 417 g/mol.